The first-order valence-electron chi connectivity index (χ1n) is 7.23. The van der Waals surface area contributed by atoms with Gasteiger partial charge in [0, 0.05) is 35.0 Å². The second kappa shape index (κ2) is 5.93. The zero-order valence-corrected chi connectivity index (χ0v) is 14.0. The molecule has 0 aliphatic heterocycles. The van der Waals surface area contributed by atoms with Gasteiger partial charge in [-0.3, -0.25) is 0 Å². The summed E-state index contributed by atoms with van der Waals surface area (Å²) in [6.07, 6.45) is 4.41. The molecule has 0 bridgehead atoms. The molecule has 2 nitrogen and oxygen atoms in total. The number of fused-ring (bicyclic) bond motifs is 3. The number of halogens is 1. The number of benzene rings is 2. The molecule has 2 heterocycles. The van der Waals surface area contributed by atoms with Crippen LogP contribution < -0.4 is 21.5 Å². The molecular weight excluding hydrogens is 336 g/mol. The number of aryl methyl sites for hydroxylation is 1. The van der Waals surface area contributed by atoms with Crippen LogP contribution in [0.1, 0.15) is 5.56 Å². The Morgan fingerprint density at radius 2 is 1.50 bits per heavy atom. The molecule has 2 aromatic heterocycles. The van der Waals surface area contributed by atoms with Crippen LogP contribution in [0.4, 0.5) is 0 Å². The molecule has 3 heteroatoms. The number of aromatic nitrogens is 2. The Bertz CT molecular complexity index is 926. The minimum Gasteiger partial charge on any atom is -1.00 e. The molecule has 0 aliphatic rings. The minimum atomic E-state index is 0. The van der Waals surface area contributed by atoms with E-state index in [1.165, 1.54) is 27.4 Å². The first-order valence-corrected chi connectivity index (χ1v) is 7.23. The highest BCUT2D eigenvalue weighted by Crippen LogP contribution is 2.26. The molecule has 0 saturated carbocycles. The predicted molar refractivity (Wildman–Crippen MR) is 86.2 cm³/mol. The monoisotopic (exact) mass is 352 g/mol. The van der Waals surface area contributed by atoms with Crippen LogP contribution in [0.15, 0.2) is 73.1 Å². The maximum absolute atomic E-state index is 2.27. The van der Waals surface area contributed by atoms with Crippen molar-refractivity contribution in [3.05, 3.63) is 78.6 Å². The van der Waals surface area contributed by atoms with Gasteiger partial charge in [-0.25, -0.2) is 0 Å². The molecule has 0 radical (unpaired) electrons. The first-order chi connectivity index (χ1) is 10.3. The molecular formula is C19H17BrN2. The maximum Gasteiger partial charge on any atom is 0.193 e. The molecule has 0 amide bonds. The van der Waals surface area contributed by atoms with Gasteiger partial charge >= 0.3 is 0 Å². The van der Waals surface area contributed by atoms with E-state index in [4.69, 9.17) is 0 Å². The molecule has 0 unspecified atom stereocenters. The molecule has 2 aromatic carbocycles. The van der Waals surface area contributed by atoms with E-state index in [1.807, 2.05) is 0 Å². The second-order valence-electron chi connectivity index (χ2n) is 5.48. The summed E-state index contributed by atoms with van der Waals surface area (Å²) in [5.74, 6) is 0. The summed E-state index contributed by atoms with van der Waals surface area (Å²) >= 11 is 0. The fourth-order valence-electron chi connectivity index (χ4n) is 3.04. The average molecular weight is 353 g/mol. The van der Waals surface area contributed by atoms with Gasteiger partial charge < -0.3 is 21.5 Å². The third-order valence-corrected chi connectivity index (χ3v) is 4.12. The lowest BCUT2D eigenvalue weighted by Gasteiger charge is -1.99. The van der Waals surface area contributed by atoms with Crippen molar-refractivity contribution in [2.75, 3.05) is 0 Å². The number of rotatable bonds is 2. The van der Waals surface area contributed by atoms with Gasteiger partial charge in [0.05, 0.1) is 0 Å². The van der Waals surface area contributed by atoms with E-state index in [1.54, 1.807) is 0 Å². The van der Waals surface area contributed by atoms with Crippen molar-refractivity contribution in [3.63, 3.8) is 0 Å². The average Bonchev–Trinajstić information content (AvgIpc) is 2.82. The Kier molecular flexibility index (Phi) is 3.99. The highest BCUT2D eigenvalue weighted by atomic mass is 79.9. The number of nitrogens with zero attached hydrogens (tertiary/aromatic N) is 2. The number of pyridine rings is 1. The van der Waals surface area contributed by atoms with Gasteiger partial charge in [-0.05, 0) is 6.07 Å². The Labute approximate surface area is 140 Å². The lowest BCUT2D eigenvalue weighted by molar-refractivity contribution is -0.687. The molecule has 0 saturated heterocycles. The van der Waals surface area contributed by atoms with E-state index < -0.39 is 0 Å². The van der Waals surface area contributed by atoms with Crippen molar-refractivity contribution in [2.45, 2.75) is 6.54 Å². The third-order valence-electron chi connectivity index (χ3n) is 4.12. The Balaban J connectivity index is 0.00000144. The van der Waals surface area contributed by atoms with E-state index in [0.29, 0.717) is 0 Å². The van der Waals surface area contributed by atoms with Gasteiger partial charge in [-0.15, -0.1) is 0 Å². The van der Waals surface area contributed by atoms with Crippen LogP contribution in [0.2, 0.25) is 0 Å². The van der Waals surface area contributed by atoms with Crippen LogP contribution in [0.5, 0.6) is 0 Å². The van der Waals surface area contributed by atoms with Gasteiger partial charge in [0.2, 0.25) is 0 Å². The zero-order valence-electron chi connectivity index (χ0n) is 12.4. The van der Waals surface area contributed by atoms with Crippen LogP contribution in [0, 0.1) is 0 Å². The van der Waals surface area contributed by atoms with Crippen molar-refractivity contribution in [1.29, 1.82) is 0 Å². The zero-order chi connectivity index (χ0) is 14.2. The molecule has 110 valence electrons. The normalized spacial score (nSPS) is 10.8. The van der Waals surface area contributed by atoms with Gasteiger partial charge in [0.25, 0.3) is 0 Å². The lowest BCUT2D eigenvalue weighted by atomic mass is 10.2. The van der Waals surface area contributed by atoms with Crippen LogP contribution in [-0.2, 0) is 13.6 Å². The molecule has 4 rings (SSSR count). The molecule has 0 fully saturated rings. The largest absolute Gasteiger partial charge is 1.00 e. The SMILES string of the molecule is Cn1c2ccccc2c2cc[n+](Cc3ccccc3)cc21.[Br-]. The molecule has 0 N–H and O–H groups in total. The molecule has 22 heavy (non-hydrogen) atoms. The van der Waals surface area contributed by atoms with E-state index in [2.05, 4.69) is 89.2 Å². The van der Waals surface area contributed by atoms with Gasteiger partial charge in [0.15, 0.2) is 18.9 Å². The number of hydrogen-bond donors (Lipinski definition) is 0. The summed E-state index contributed by atoms with van der Waals surface area (Å²) in [7, 11) is 2.14. The lowest BCUT2D eigenvalue weighted by Crippen LogP contribution is -3.00. The Hall–Kier alpha value is -2.13. The summed E-state index contributed by atoms with van der Waals surface area (Å²) in [4.78, 5) is 0. The maximum atomic E-state index is 2.27. The summed E-state index contributed by atoms with van der Waals surface area (Å²) < 4.78 is 4.52. The molecule has 0 atom stereocenters. The summed E-state index contributed by atoms with van der Waals surface area (Å²) in [5.41, 5.74) is 3.88. The molecule has 0 aliphatic carbocycles. The predicted octanol–water partition coefficient (Wildman–Crippen LogP) is 0.671. The van der Waals surface area contributed by atoms with Crippen LogP contribution >= 0.6 is 0 Å². The Morgan fingerprint density at radius 3 is 2.32 bits per heavy atom. The summed E-state index contributed by atoms with van der Waals surface area (Å²) in [6.45, 7) is 0.901. The topological polar surface area (TPSA) is 8.81 Å². The fourth-order valence-corrected chi connectivity index (χ4v) is 3.04. The third kappa shape index (κ3) is 2.42. The number of hydrogen-bond acceptors (Lipinski definition) is 0. The van der Waals surface area contributed by atoms with Crippen molar-refractivity contribution in [2.24, 2.45) is 7.05 Å². The molecule has 4 aromatic rings. The highest BCUT2D eigenvalue weighted by molar-refractivity contribution is 6.07. The van der Waals surface area contributed by atoms with E-state index in [0.717, 1.165) is 6.54 Å². The minimum absolute atomic E-state index is 0. The summed E-state index contributed by atoms with van der Waals surface area (Å²) in [6, 6.07) is 21.4. The number of para-hydroxylation sites is 1. The van der Waals surface area contributed by atoms with Crippen molar-refractivity contribution < 1.29 is 21.5 Å². The van der Waals surface area contributed by atoms with Crippen molar-refractivity contribution >= 4 is 21.8 Å². The smallest absolute Gasteiger partial charge is 0.193 e. The van der Waals surface area contributed by atoms with Crippen LogP contribution in [0.3, 0.4) is 0 Å². The van der Waals surface area contributed by atoms with Crippen molar-refractivity contribution in [1.82, 2.24) is 4.57 Å². The van der Waals surface area contributed by atoms with Crippen molar-refractivity contribution in [3.8, 4) is 0 Å². The first kappa shape index (κ1) is 14.8. The standard InChI is InChI=1S/C19H17N2.BrH/c1-20-18-10-6-5-9-16(18)17-11-12-21(14-19(17)20)13-15-7-3-2-4-8-15;/h2-12,14H,13H2,1H3;1H/q+1;/p-1. The highest BCUT2D eigenvalue weighted by Gasteiger charge is 2.11. The fraction of sp³-hybridized carbons (Fsp3) is 0.105. The van der Waals surface area contributed by atoms with Crippen LogP contribution in [0.25, 0.3) is 21.8 Å². The van der Waals surface area contributed by atoms with Gasteiger partial charge in [0.1, 0.15) is 5.52 Å². The van der Waals surface area contributed by atoms with Crippen LogP contribution in [-0.4, -0.2) is 4.57 Å². The van der Waals surface area contributed by atoms with Gasteiger partial charge in [-0.2, -0.15) is 4.57 Å². The van der Waals surface area contributed by atoms with E-state index >= 15 is 0 Å². The van der Waals surface area contributed by atoms with Gasteiger partial charge in [-0.1, -0.05) is 48.5 Å². The second-order valence-corrected chi connectivity index (χ2v) is 5.48. The molecule has 0 spiro atoms. The quantitative estimate of drug-likeness (QED) is 0.469. The van der Waals surface area contributed by atoms with E-state index in [-0.39, 0.29) is 17.0 Å². The van der Waals surface area contributed by atoms with E-state index in [9.17, 15) is 0 Å². The summed E-state index contributed by atoms with van der Waals surface area (Å²) in [5, 5.41) is 2.64. The Morgan fingerprint density at radius 1 is 0.818 bits per heavy atom.